The highest BCUT2D eigenvalue weighted by atomic mass is 16.5. The molecular weight excluding hydrogens is 358 g/mol. The number of methoxy groups -OCH3 is 1. The summed E-state index contributed by atoms with van der Waals surface area (Å²) in [6.45, 7) is 7.56. The van der Waals surface area contributed by atoms with E-state index in [1.165, 1.54) is 0 Å². The molecule has 1 aromatic carbocycles. The molecular formula is C22H27NO5. The quantitative estimate of drug-likeness (QED) is 0.797. The van der Waals surface area contributed by atoms with Crippen LogP contribution in [0.1, 0.15) is 52.0 Å². The van der Waals surface area contributed by atoms with Crippen molar-refractivity contribution in [2.24, 2.45) is 11.1 Å². The molecule has 0 aromatic heterocycles. The SMILES string of the molecule is COc1ccc(C2C(C(=O)OC(C)C)=C(N)OC3=C2C(=O)CC(C)(C)C3)cc1. The summed E-state index contributed by atoms with van der Waals surface area (Å²) in [4.78, 5) is 25.9. The van der Waals surface area contributed by atoms with Crippen molar-refractivity contribution in [1.29, 1.82) is 0 Å². The number of rotatable bonds is 4. The van der Waals surface area contributed by atoms with Crippen LogP contribution >= 0.6 is 0 Å². The Bertz CT molecular complexity index is 861. The molecule has 0 spiro atoms. The maximum Gasteiger partial charge on any atom is 0.340 e. The molecule has 0 bridgehead atoms. The molecule has 2 N–H and O–H groups in total. The van der Waals surface area contributed by atoms with E-state index < -0.39 is 11.9 Å². The third-order valence-corrected chi connectivity index (χ3v) is 4.97. The monoisotopic (exact) mass is 385 g/mol. The van der Waals surface area contributed by atoms with E-state index in [0.29, 0.717) is 29.9 Å². The van der Waals surface area contributed by atoms with Crippen LogP contribution in [-0.4, -0.2) is 25.0 Å². The normalized spacial score (nSPS) is 21.4. The van der Waals surface area contributed by atoms with E-state index >= 15 is 0 Å². The van der Waals surface area contributed by atoms with Crippen molar-refractivity contribution in [3.8, 4) is 5.75 Å². The smallest absolute Gasteiger partial charge is 0.340 e. The summed E-state index contributed by atoms with van der Waals surface area (Å²) in [7, 11) is 1.58. The predicted molar refractivity (Wildman–Crippen MR) is 104 cm³/mol. The van der Waals surface area contributed by atoms with E-state index in [2.05, 4.69) is 0 Å². The maximum absolute atomic E-state index is 13.1. The number of benzene rings is 1. The molecule has 28 heavy (non-hydrogen) atoms. The number of ketones is 1. The van der Waals surface area contributed by atoms with E-state index in [-0.39, 0.29) is 28.8 Å². The molecule has 1 aromatic rings. The molecule has 6 heteroatoms. The molecule has 0 fully saturated rings. The van der Waals surface area contributed by atoms with Crippen LogP contribution in [-0.2, 0) is 19.1 Å². The number of Topliss-reactive ketones (excluding diaryl/α,β-unsaturated/α-hetero) is 1. The molecule has 2 aliphatic rings. The fourth-order valence-electron chi connectivity index (χ4n) is 3.79. The van der Waals surface area contributed by atoms with Crippen molar-refractivity contribution in [3.63, 3.8) is 0 Å². The van der Waals surface area contributed by atoms with Crippen molar-refractivity contribution < 1.29 is 23.8 Å². The van der Waals surface area contributed by atoms with Gasteiger partial charge in [-0.1, -0.05) is 26.0 Å². The summed E-state index contributed by atoms with van der Waals surface area (Å²) in [5.74, 6) is -0.00261. The number of carbonyl (C=O) groups excluding carboxylic acids is 2. The van der Waals surface area contributed by atoms with Gasteiger partial charge in [-0.25, -0.2) is 4.79 Å². The Morgan fingerprint density at radius 1 is 1.21 bits per heavy atom. The van der Waals surface area contributed by atoms with Gasteiger partial charge in [0.15, 0.2) is 5.78 Å². The van der Waals surface area contributed by atoms with Gasteiger partial charge in [-0.05, 0) is 37.0 Å². The minimum Gasteiger partial charge on any atom is -0.497 e. The zero-order valence-electron chi connectivity index (χ0n) is 17.0. The lowest BCUT2D eigenvalue weighted by molar-refractivity contribution is -0.143. The Morgan fingerprint density at radius 3 is 2.43 bits per heavy atom. The third kappa shape index (κ3) is 3.77. The standard InChI is InChI=1S/C22H27NO5/c1-12(2)27-21(25)19-17(13-6-8-14(26-5)9-7-13)18-15(24)10-22(3,4)11-16(18)28-20(19)23/h6-9,12,17H,10-11,23H2,1-5H3. The number of ether oxygens (including phenoxy) is 3. The predicted octanol–water partition coefficient (Wildman–Crippen LogP) is 3.57. The average Bonchev–Trinajstić information content (AvgIpc) is 2.58. The molecule has 1 unspecified atom stereocenters. The second-order valence-electron chi connectivity index (χ2n) is 8.32. The average molecular weight is 385 g/mol. The first-order valence-electron chi connectivity index (χ1n) is 9.41. The summed E-state index contributed by atoms with van der Waals surface area (Å²) in [5.41, 5.74) is 7.37. The van der Waals surface area contributed by atoms with Crippen LogP contribution in [0.25, 0.3) is 0 Å². The number of hydrogen-bond acceptors (Lipinski definition) is 6. The number of hydrogen-bond donors (Lipinski definition) is 1. The van der Waals surface area contributed by atoms with Crippen LogP contribution in [0.3, 0.4) is 0 Å². The van der Waals surface area contributed by atoms with Crippen molar-refractivity contribution in [3.05, 3.63) is 52.6 Å². The fourth-order valence-corrected chi connectivity index (χ4v) is 3.79. The Hall–Kier alpha value is -2.76. The number of esters is 1. The fraction of sp³-hybridized carbons (Fsp3) is 0.455. The number of carbonyl (C=O) groups is 2. The van der Waals surface area contributed by atoms with Gasteiger partial charge in [0.2, 0.25) is 5.88 Å². The third-order valence-electron chi connectivity index (χ3n) is 4.97. The van der Waals surface area contributed by atoms with Gasteiger partial charge in [0.05, 0.1) is 19.1 Å². The molecule has 0 saturated carbocycles. The van der Waals surface area contributed by atoms with Gasteiger partial charge in [-0.3, -0.25) is 4.79 Å². The molecule has 1 aliphatic heterocycles. The van der Waals surface area contributed by atoms with Crippen molar-refractivity contribution in [2.45, 2.75) is 52.6 Å². The zero-order valence-corrected chi connectivity index (χ0v) is 17.0. The van der Waals surface area contributed by atoms with E-state index in [4.69, 9.17) is 19.9 Å². The van der Waals surface area contributed by atoms with Crippen LogP contribution in [0.2, 0.25) is 0 Å². The second-order valence-corrected chi connectivity index (χ2v) is 8.32. The van der Waals surface area contributed by atoms with Crippen LogP contribution in [0.15, 0.2) is 47.1 Å². The highest BCUT2D eigenvalue weighted by molar-refractivity contribution is 6.03. The van der Waals surface area contributed by atoms with E-state index in [9.17, 15) is 9.59 Å². The Morgan fingerprint density at radius 2 is 1.86 bits per heavy atom. The topological polar surface area (TPSA) is 87.8 Å². The molecule has 0 radical (unpaired) electrons. The molecule has 0 saturated heterocycles. The first-order chi connectivity index (χ1) is 13.1. The van der Waals surface area contributed by atoms with Gasteiger partial charge >= 0.3 is 5.97 Å². The first kappa shape index (κ1) is 20.0. The Labute approximate surface area is 165 Å². The number of allylic oxidation sites excluding steroid dienone is 2. The molecule has 150 valence electrons. The van der Waals surface area contributed by atoms with Crippen LogP contribution in [0.4, 0.5) is 0 Å². The van der Waals surface area contributed by atoms with Crippen LogP contribution < -0.4 is 10.5 Å². The summed E-state index contributed by atoms with van der Waals surface area (Å²) < 4.78 is 16.4. The molecule has 1 aliphatic carbocycles. The van der Waals surface area contributed by atoms with Gasteiger partial charge in [-0.15, -0.1) is 0 Å². The Balaban J connectivity index is 2.14. The highest BCUT2D eigenvalue weighted by Crippen LogP contribution is 2.48. The van der Waals surface area contributed by atoms with Gasteiger partial charge in [-0.2, -0.15) is 0 Å². The van der Waals surface area contributed by atoms with Gasteiger partial charge < -0.3 is 19.9 Å². The molecule has 1 heterocycles. The lowest BCUT2D eigenvalue weighted by atomic mass is 9.70. The van der Waals surface area contributed by atoms with E-state index in [1.807, 2.05) is 26.0 Å². The Kier molecular flexibility index (Phi) is 5.24. The lowest BCUT2D eigenvalue weighted by Gasteiger charge is -2.38. The summed E-state index contributed by atoms with van der Waals surface area (Å²) >= 11 is 0. The molecule has 1 atom stereocenters. The van der Waals surface area contributed by atoms with Crippen molar-refractivity contribution in [2.75, 3.05) is 7.11 Å². The first-order valence-corrected chi connectivity index (χ1v) is 9.41. The van der Waals surface area contributed by atoms with Gasteiger partial charge in [0, 0.05) is 18.4 Å². The summed E-state index contributed by atoms with van der Waals surface area (Å²) in [5, 5.41) is 0. The van der Waals surface area contributed by atoms with Gasteiger partial charge in [0.1, 0.15) is 17.1 Å². The summed E-state index contributed by atoms with van der Waals surface area (Å²) in [6, 6.07) is 7.26. The van der Waals surface area contributed by atoms with Crippen molar-refractivity contribution in [1.82, 2.24) is 0 Å². The molecule has 0 amide bonds. The summed E-state index contributed by atoms with van der Waals surface area (Å²) in [6.07, 6.45) is 0.642. The largest absolute Gasteiger partial charge is 0.497 e. The van der Waals surface area contributed by atoms with E-state index in [0.717, 1.165) is 5.56 Å². The maximum atomic E-state index is 13.1. The molecule has 6 nitrogen and oxygen atoms in total. The zero-order chi connectivity index (χ0) is 20.6. The highest BCUT2D eigenvalue weighted by Gasteiger charge is 2.45. The molecule has 3 rings (SSSR count). The lowest BCUT2D eigenvalue weighted by Crippen LogP contribution is -2.36. The number of nitrogens with two attached hydrogens (primary N) is 1. The van der Waals surface area contributed by atoms with E-state index in [1.54, 1.807) is 33.1 Å². The van der Waals surface area contributed by atoms with Crippen LogP contribution in [0, 0.1) is 5.41 Å². The van der Waals surface area contributed by atoms with Crippen LogP contribution in [0.5, 0.6) is 5.75 Å². The minimum absolute atomic E-state index is 0.00396. The minimum atomic E-state index is -0.621. The van der Waals surface area contributed by atoms with Gasteiger partial charge in [0.25, 0.3) is 0 Å². The van der Waals surface area contributed by atoms with Crippen molar-refractivity contribution >= 4 is 11.8 Å². The second kappa shape index (κ2) is 7.34.